The van der Waals surface area contributed by atoms with Gasteiger partial charge in [0.25, 0.3) is 0 Å². The van der Waals surface area contributed by atoms with E-state index in [4.69, 9.17) is 10.5 Å². The van der Waals surface area contributed by atoms with Gasteiger partial charge in [-0.3, -0.25) is 9.59 Å². The van der Waals surface area contributed by atoms with Gasteiger partial charge in [0.2, 0.25) is 17.7 Å². The molecule has 0 atom stereocenters. The van der Waals surface area contributed by atoms with Gasteiger partial charge >= 0.3 is 0 Å². The second-order valence-corrected chi connectivity index (χ2v) is 5.65. The summed E-state index contributed by atoms with van der Waals surface area (Å²) >= 11 is 1.17. The van der Waals surface area contributed by atoms with E-state index in [9.17, 15) is 9.59 Å². The summed E-state index contributed by atoms with van der Waals surface area (Å²) in [5, 5.41) is 2.69. The minimum Gasteiger partial charge on any atom is -0.473 e. The molecule has 7 heteroatoms. The van der Waals surface area contributed by atoms with Crippen molar-refractivity contribution in [1.29, 1.82) is 0 Å². The number of primary amides is 1. The van der Waals surface area contributed by atoms with Crippen LogP contribution in [0.3, 0.4) is 0 Å². The molecule has 23 heavy (non-hydrogen) atoms. The number of ether oxygens (including phenoxy) is 1. The minimum atomic E-state index is -0.440. The highest BCUT2D eigenvalue weighted by Gasteiger charge is 2.05. The van der Waals surface area contributed by atoms with Crippen molar-refractivity contribution in [3.63, 3.8) is 0 Å². The maximum absolute atomic E-state index is 11.6. The predicted molar refractivity (Wildman–Crippen MR) is 90.2 cm³/mol. The molecule has 0 spiro atoms. The van der Waals surface area contributed by atoms with Gasteiger partial charge in [-0.2, -0.15) is 0 Å². The fourth-order valence-electron chi connectivity index (χ4n) is 1.71. The molecule has 0 bridgehead atoms. The molecule has 0 fully saturated rings. The van der Waals surface area contributed by atoms with Gasteiger partial charge in [-0.15, -0.1) is 11.8 Å². The number of carbonyl (C=O) groups is 2. The van der Waals surface area contributed by atoms with Gasteiger partial charge < -0.3 is 15.8 Å². The average Bonchev–Trinajstić information content (AvgIpc) is 2.55. The Kier molecular flexibility index (Phi) is 6.43. The highest BCUT2D eigenvalue weighted by molar-refractivity contribution is 8.00. The standard InChI is InChI=1S/C16H17N3O3S/c17-14(20)10-23-11-15(21)19-13-6-7-16(18-8-13)22-9-12-4-2-1-3-5-12/h1-8H,9-11H2,(H2,17,20)(H,19,21). The summed E-state index contributed by atoms with van der Waals surface area (Å²) < 4.78 is 5.56. The lowest BCUT2D eigenvalue weighted by molar-refractivity contribution is -0.115. The first-order chi connectivity index (χ1) is 11.1. The Morgan fingerprint density at radius 2 is 1.91 bits per heavy atom. The average molecular weight is 331 g/mol. The normalized spacial score (nSPS) is 10.1. The quantitative estimate of drug-likeness (QED) is 0.769. The molecule has 0 saturated heterocycles. The number of hydrogen-bond donors (Lipinski definition) is 2. The second kappa shape index (κ2) is 8.79. The maximum Gasteiger partial charge on any atom is 0.234 e. The van der Waals surface area contributed by atoms with Crippen molar-refractivity contribution < 1.29 is 14.3 Å². The van der Waals surface area contributed by atoms with Gasteiger partial charge in [0.1, 0.15) is 6.61 Å². The molecular weight excluding hydrogens is 314 g/mol. The monoisotopic (exact) mass is 331 g/mol. The molecule has 1 heterocycles. The summed E-state index contributed by atoms with van der Waals surface area (Å²) in [4.78, 5) is 26.4. The van der Waals surface area contributed by atoms with Crippen molar-refractivity contribution in [3.05, 3.63) is 54.2 Å². The Morgan fingerprint density at radius 3 is 2.57 bits per heavy atom. The van der Waals surface area contributed by atoms with E-state index in [0.717, 1.165) is 5.56 Å². The number of rotatable bonds is 8. The molecule has 3 N–H and O–H groups in total. The molecule has 0 aliphatic rings. The number of benzene rings is 1. The molecule has 2 rings (SSSR count). The van der Waals surface area contributed by atoms with Crippen LogP contribution in [0.1, 0.15) is 5.56 Å². The Morgan fingerprint density at radius 1 is 1.13 bits per heavy atom. The molecule has 6 nitrogen and oxygen atoms in total. The largest absolute Gasteiger partial charge is 0.473 e. The summed E-state index contributed by atoms with van der Waals surface area (Å²) in [5.41, 5.74) is 6.63. The smallest absolute Gasteiger partial charge is 0.234 e. The number of carbonyl (C=O) groups excluding carboxylic acids is 2. The number of aromatic nitrogens is 1. The first-order valence-electron chi connectivity index (χ1n) is 6.92. The van der Waals surface area contributed by atoms with E-state index < -0.39 is 5.91 Å². The maximum atomic E-state index is 11.6. The number of anilines is 1. The number of hydrogen-bond acceptors (Lipinski definition) is 5. The Hall–Kier alpha value is -2.54. The van der Waals surface area contributed by atoms with Crippen LogP contribution < -0.4 is 15.8 Å². The zero-order valence-electron chi connectivity index (χ0n) is 12.4. The molecule has 1 aromatic carbocycles. The summed E-state index contributed by atoms with van der Waals surface area (Å²) in [5.74, 6) is 0.114. The van der Waals surface area contributed by atoms with Gasteiger partial charge in [-0.25, -0.2) is 4.98 Å². The Labute approximate surface area is 138 Å². The fraction of sp³-hybridized carbons (Fsp3) is 0.188. The van der Waals surface area contributed by atoms with E-state index in [2.05, 4.69) is 10.3 Å². The fourth-order valence-corrected chi connectivity index (χ4v) is 2.27. The first kappa shape index (κ1) is 16.8. The van der Waals surface area contributed by atoms with E-state index in [1.165, 1.54) is 18.0 Å². The van der Waals surface area contributed by atoms with E-state index in [0.29, 0.717) is 18.2 Å². The van der Waals surface area contributed by atoms with E-state index in [-0.39, 0.29) is 17.4 Å². The Bertz CT molecular complexity index is 647. The van der Waals surface area contributed by atoms with E-state index in [1.54, 1.807) is 12.1 Å². The molecule has 2 aromatic rings. The van der Waals surface area contributed by atoms with Crippen LogP contribution in [0.4, 0.5) is 5.69 Å². The highest BCUT2D eigenvalue weighted by atomic mass is 32.2. The SMILES string of the molecule is NC(=O)CSCC(=O)Nc1ccc(OCc2ccccc2)nc1. The minimum absolute atomic E-state index is 0.123. The number of amides is 2. The second-order valence-electron chi connectivity index (χ2n) is 4.67. The molecular formula is C16H17N3O3S. The molecule has 0 aliphatic heterocycles. The molecule has 1 aromatic heterocycles. The first-order valence-corrected chi connectivity index (χ1v) is 8.07. The Balaban J connectivity index is 1.77. The summed E-state index contributed by atoms with van der Waals surface area (Å²) in [6.07, 6.45) is 1.52. The third-order valence-electron chi connectivity index (χ3n) is 2.73. The van der Waals surface area contributed by atoms with Crippen molar-refractivity contribution in [2.45, 2.75) is 6.61 Å². The molecule has 0 saturated carbocycles. The van der Waals surface area contributed by atoms with Crippen molar-refractivity contribution in [2.24, 2.45) is 5.73 Å². The highest BCUT2D eigenvalue weighted by Crippen LogP contribution is 2.13. The molecule has 0 radical (unpaired) electrons. The number of pyridine rings is 1. The lowest BCUT2D eigenvalue weighted by atomic mass is 10.2. The number of thioether (sulfide) groups is 1. The molecule has 2 amide bonds. The van der Waals surface area contributed by atoms with Crippen molar-refractivity contribution in [1.82, 2.24) is 4.98 Å². The van der Waals surface area contributed by atoms with Crippen molar-refractivity contribution >= 4 is 29.3 Å². The van der Waals surface area contributed by atoms with Crippen LogP contribution in [0.25, 0.3) is 0 Å². The number of nitrogens with zero attached hydrogens (tertiary/aromatic N) is 1. The third-order valence-corrected chi connectivity index (χ3v) is 3.68. The van der Waals surface area contributed by atoms with Gasteiger partial charge in [0.05, 0.1) is 23.4 Å². The zero-order chi connectivity index (χ0) is 16.5. The van der Waals surface area contributed by atoms with Crippen LogP contribution in [0.2, 0.25) is 0 Å². The van der Waals surface area contributed by atoms with Crippen LogP contribution in [0.5, 0.6) is 5.88 Å². The third kappa shape index (κ3) is 6.39. The van der Waals surface area contributed by atoms with Crippen molar-refractivity contribution in [3.8, 4) is 5.88 Å². The summed E-state index contributed by atoms with van der Waals surface area (Å²) in [6, 6.07) is 13.2. The van der Waals surface area contributed by atoms with Gasteiger partial charge in [-0.05, 0) is 11.6 Å². The van der Waals surface area contributed by atoms with Gasteiger partial charge in [0.15, 0.2) is 0 Å². The van der Waals surface area contributed by atoms with Crippen molar-refractivity contribution in [2.75, 3.05) is 16.8 Å². The number of nitrogens with one attached hydrogen (secondary N) is 1. The lowest BCUT2D eigenvalue weighted by Gasteiger charge is -2.07. The van der Waals surface area contributed by atoms with Crippen LogP contribution in [0, 0.1) is 0 Å². The predicted octanol–water partition coefficient (Wildman–Crippen LogP) is 1.82. The van der Waals surface area contributed by atoms with Gasteiger partial charge in [-0.1, -0.05) is 30.3 Å². The van der Waals surface area contributed by atoms with Gasteiger partial charge in [0, 0.05) is 6.07 Å². The topological polar surface area (TPSA) is 94.3 Å². The molecule has 0 aliphatic carbocycles. The molecule has 0 unspecified atom stereocenters. The molecule has 120 valence electrons. The number of nitrogens with two attached hydrogens (primary N) is 1. The van der Waals surface area contributed by atoms with Crippen LogP contribution >= 0.6 is 11.8 Å². The van der Waals surface area contributed by atoms with E-state index >= 15 is 0 Å². The summed E-state index contributed by atoms with van der Waals surface area (Å²) in [6.45, 7) is 0.434. The lowest BCUT2D eigenvalue weighted by Crippen LogP contribution is -2.18. The van der Waals surface area contributed by atoms with Crippen LogP contribution in [-0.4, -0.2) is 28.3 Å². The van der Waals surface area contributed by atoms with E-state index in [1.807, 2.05) is 30.3 Å². The van der Waals surface area contributed by atoms with Crippen LogP contribution in [-0.2, 0) is 16.2 Å². The summed E-state index contributed by atoms with van der Waals surface area (Å²) in [7, 11) is 0. The van der Waals surface area contributed by atoms with Crippen LogP contribution in [0.15, 0.2) is 48.7 Å². The zero-order valence-corrected chi connectivity index (χ0v) is 13.2.